The molecule has 1 amide bonds. The van der Waals surface area contributed by atoms with Crippen LogP contribution in [0.25, 0.3) is 0 Å². The number of alkyl halides is 2. The van der Waals surface area contributed by atoms with Crippen molar-refractivity contribution in [1.82, 2.24) is 9.88 Å². The first-order valence-corrected chi connectivity index (χ1v) is 5.13. The zero-order valence-electron chi connectivity index (χ0n) is 7.88. The van der Waals surface area contributed by atoms with Crippen molar-refractivity contribution >= 4 is 29.1 Å². The first-order chi connectivity index (χ1) is 7.39. The summed E-state index contributed by atoms with van der Waals surface area (Å²) in [4.78, 5) is 16.4. The van der Waals surface area contributed by atoms with Crippen molar-refractivity contribution in [2.45, 2.75) is 5.92 Å². The van der Waals surface area contributed by atoms with E-state index < -0.39 is 24.9 Å². The fourth-order valence-electron chi connectivity index (χ4n) is 1.39. The molecule has 16 heavy (non-hydrogen) atoms. The summed E-state index contributed by atoms with van der Waals surface area (Å²) >= 11 is 11.3. The number of carbonyl (C=O) groups is 1. The number of carbonyl (C=O) groups excluding carboxylic acids is 1. The molecule has 7 heteroatoms. The lowest BCUT2D eigenvalue weighted by Gasteiger charge is -2.38. The molecule has 0 aromatic carbocycles. The van der Waals surface area contributed by atoms with Crippen LogP contribution in [0.3, 0.4) is 0 Å². The van der Waals surface area contributed by atoms with Gasteiger partial charge in [0.2, 0.25) is 0 Å². The maximum atomic E-state index is 12.6. The zero-order chi connectivity index (χ0) is 11.9. The molecule has 2 heterocycles. The molecule has 0 unspecified atom stereocenters. The molecule has 2 rings (SSSR count). The highest BCUT2D eigenvalue weighted by atomic mass is 35.5. The summed E-state index contributed by atoms with van der Waals surface area (Å²) in [5.41, 5.74) is 0.0848. The van der Waals surface area contributed by atoms with Gasteiger partial charge in [-0.2, -0.15) is 0 Å². The van der Waals surface area contributed by atoms with Crippen molar-refractivity contribution in [3.63, 3.8) is 0 Å². The van der Waals surface area contributed by atoms with E-state index in [0.29, 0.717) is 0 Å². The summed E-state index contributed by atoms with van der Waals surface area (Å²) in [5.74, 6) is -3.35. The number of nitrogens with zero attached hydrogens (tertiary/aromatic N) is 2. The molecule has 0 aliphatic carbocycles. The van der Waals surface area contributed by atoms with Gasteiger partial charge in [0, 0.05) is 6.20 Å². The van der Waals surface area contributed by atoms with E-state index in [2.05, 4.69) is 4.98 Å². The topological polar surface area (TPSA) is 33.2 Å². The molecule has 0 atom stereocenters. The molecule has 1 aromatic heterocycles. The second kappa shape index (κ2) is 3.82. The van der Waals surface area contributed by atoms with E-state index in [1.807, 2.05) is 0 Å². The Kier molecular flexibility index (Phi) is 2.75. The molecule has 0 bridgehead atoms. The van der Waals surface area contributed by atoms with Crippen LogP contribution >= 0.6 is 23.2 Å². The Hall–Kier alpha value is -0.940. The molecule has 3 nitrogen and oxygen atoms in total. The molecule has 0 N–H and O–H groups in total. The number of halogens is 4. The van der Waals surface area contributed by atoms with Crippen LogP contribution in [0.2, 0.25) is 10.2 Å². The Morgan fingerprint density at radius 3 is 2.56 bits per heavy atom. The Labute approximate surface area is 100.0 Å². The Bertz CT molecular complexity index is 445. The predicted molar refractivity (Wildman–Crippen MR) is 55.1 cm³/mol. The van der Waals surface area contributed by atoms with Crippen LogP contribution in [0, 0.1) is 0 Å². The van der Waals surface area contributed by atoms with Crippen LogP contribution in [0.1, 0.15) is 10.4 Å². The van der Waals surface area contributed by atoms with E-state index in [-0.39, 0.29) is 15.7 Å². The Morgan fingerprint density at radius 2 is 2.06 bits per heavy atom. The van der Waals surface area contributed by atoms with E-state index in [0.717, 1.165) is 4.90 Å². The van der Waals surface area contributed by atoms with Gasteiger partial charge in [-0.3, -0.25) is 4.79 Å². The van der Waals surface area contributed by atoms with Crippen molar-refractivity contribution in [2.75, 3.05) is 13.1 Å². The van der Waals surface area contributed by atoms with Crippen LogP contribution in [0.5, 0.6) is 0 Å². The van der Waals surface area contributed by atoms with Gasteiger partial charge in [0.25, 0.3) is 11.8 Å². The van der Waals surface area contributed by atoms with Gasteiger partial charge in [0.05, 0.1) is 23.7 Å². The normalized spacial score (nSPS) is 18.1. The number of aromatic nitrogens is 1. The summed E-state index contributed by atoms with van der Waals surface area (Å²) in [6, 6.07) is 1.30. The summed E-state index contributed by atoms with van der Waals surface area (Å²) < 4.78 is 25.1. The second-order valence-electron chi connectivity index (χ2n) is 3.50. The summed E-state index contributed by atoms with van der Waals surface area (Å²) in [6.07, 6.45) is 1.18. The minimum Gasteiger partial charge on any atom is -0.326 e. The first-order valence-electron chi connectivity index (χ1n) is 4.37. The summed E-state index contributed by atoms with van der Waals surface area (Å²) in [6.45, 7) is -1.16. The monoisotopic (exact) mass is 266 g/mol. The van der Waals surface area contributed by atoms with E-state index >= 15 is 0 Å². The molecule has 86 valence electrons. The van der Waals surface area contributed by atoms with Crippen molar-refractivity contribution in [2.24, 2.45) is 0 Å². The average molecular weight is 267 g/mol. The SMILES string of the molecule is O=C(c1cnc(Cl)cc1Cl)N1CC(F)(F)C1. The van der Waals surface area contributed by atoms with Gasteiger partial charge in [-0.05, 0) is 6.07 Å². The van der Waals surface area contributed by atoms with Gasteiger partial charge in [0.1, 0.15) is 5.15 Å². The van der Waals surface area contributed by atoms with Gasteiger partial charge < -0.3 is 4.90 Å². The fraction of sp³-hybridized carbons (Fsp3) is 0.333. The third kappa shape index (κ3) is 2.10. The number of hydrogen-bond donors (Lipinski definition) is 0. The van der Waals surface area contributed by atoms with Crippen LogP contribution in [-0.4, -0.2) is 34.8 Å². The van der Waals surface area contributed by atoms with Crippen LogP contribution in [-0.2, 0) is 0 Å². The molecule has 0 spiro atoms. The number of hydrogen-bond acceptors (Lipinski definition) is 2. The van der Waals surface area contributed by atoms with E-state index in [1.165, 1.54) is 12.3 Å². The molecule has 1 aromatic rings. The molecule has 0 radical (unpaired) electrons. The van der Waals surface area contributed by atoms with Crippen molar-refractivity contribution in [1.29, 1.82) is 0 Å². The molecular formula is C9H6Cl2F2N2O. The number of amides is 1. The highest BCUT2D eigenvalue weighted by molar-refractivity contribution is 6.36. The summed E-state index contributed by atoms with van der Waals surface area (Å²) in [5, 5.41) is 0.260. The smallest absolute Gasteiger partial charge is 0.282 e. The lowest BCUT2D eigenvalue weighted by molar-refractivity contribution is -0.113. The molecule has 0 saturated carbocycles. The second-order valence-corrected chi connectivity index (χ2v) is 4.30. The maximum Gasteiger partial charge on any atom is 0.282 e. The van der Waals surface area contributed by atoms with Crippen LogP contribution in [0.15, 0.2) is 12.3 Å². The Balaban J connectivity index is 2.16. The lowest BCUT2D eigenvalue weighted by atomic mass is 10.1. The summed E-state index contributed by atoms with van der Waals surface area (Å²) in [7, 11) is 0. The van der Waals surface area contributed by atoms with Crippen molar-refractivity contribution < 1.29 is 13.6 Å². The molecule has 1 fully saturated rings. The van der Waals surface area contributed by atoms with E-state index in [1.54, 1.807) is 0 Å². The van der Waals surface area contributed by atoms with Crippen molar-refractivity contribution in [3.8, 4) is 0 Å². The van der Waals surface area contributed by atoms with Gasteiger partial charge in [0.15, 0.2) is 0 Å². The van der Waals surface area contributed by atoms with Crippen LogP contribution < -0.4 is 0 Å². The molecule has 1 saturated heterocycles. The third-order valence-electron chi connectivity index (χ3n) is 2.18. The molecular weight excluding hydrogens is 261 g/mol. The van der Waals surface area contributed by atoms with Gasteiger partial charge in [-0.1, -0.05) is 23.2 Å². The number of pyridine rings is 1. The zero-order valence-corrected chi connectivity index (χ0v) is 9.40. The lowest BCUT2D eigenvalue weighted by Crippen LogP contribution is -2.58. The molecule has 1 aliphatic heterocycles. The average Bonchev–Trinajstić information content (AvgIpc) is 2.13. The van der Waals surface area contributed by atoms with Gasteiger partial charge in [-0.25, -0.2) is 13.8 Å². The highest BCUT2D eigenvalue weighted by Crippen LogP contribution is 2.29. The first kappa shape index (κ1) is 11.5. The van der Waals surface area contributed by atoms with Crippen molar-refractivity contribution in [3.05, 3.63) is 28.0 Å². The minimum absolute atomic E-state index is 0.0848. The maximum absolute atomic E-state index is 12.6. The predicted octanol–water partition coefficient (Wildman–Crippen LogP) is 2.48. The van der Waals surface area contributed by atoms with E-state index in [9.17, 15) is 13.6 Å². The third-order valence-corrected chi connectivity index (χ3v) is 2.70. The highest BCUT2D eigenvalue weighted by Gasteiger charge is 2.46. The standard InChI is InChI=1S/C9H6Cl2F2N2O/c10-6-1-7(11)14-2-5(6)8(16)15-3-9(12,13)4-15/h1-2H,3-4H2. The Morgan fingerprint density at radius 1 is 1.44 bits per heavy atom. The molecule has 1 aliphatic rings. The van der Waals surface area contributed by atoms with E-state index in [4.69, 9.17) is 23.2 Å². The van der Waals surface area contributed by atoms with Gasteiger partial charge in [-0.15, -0.1) is 0 Å². The quantitative estimate of drug-likeness (QED) is 0.732. The fourth-order valence-corrected chi connectivity index (χ4v) is 1.84. The number of rotatable bonds is 1. The minimum atomic E-state index is -2.79. The largest absolute Gasteiger partial charge is 0.326 e. The van der Waals surface area contributed by atoms with Gasteiger partial charge >= 0.3 is 0 Å². The number of likely N-dealkylation sites (tertiary alicyclic amines) is 1. The van der Waals surface area contributed by atoms with Crippen LogP contribution in [0.4, 0.5) is 8.78 Å².